The lowest BCUT2D eigenvalue weighted by molar-refractivity contribution is -0.134. The van der Waals surface area contributed by atoms with Crippen LogP contribution in [0.1, 0.15) is 52.9 Å². The van der Waals surface area contributed by atoms with Crippen LogP contribution in [0.5, 0.6) is 0 Å². The summed E-state index contributed by atoms with van der Waals surface area (Å²) >= 11 is 0. The number of aliphatic carboxylic acids is 1. The van der Waals surface area contributed by atoms with Crippen LogP contribution >= 0.6 is 0 Å². The van der Waals surface area contributed by atoms with Crippen LogP contribution in [0.2, 0.25) is 0 Å². The summed E-state index contributed by atoms with van der Waals surface area (Å²) < 4.78 is 0. The molecule has 0 unspecified atom stereocenters. The van der Waals surface area contributed by atoms with Crippen molar-refractivity contribution < 1.29 is 9.90 Å². The van der Waals surface area contributed by atoms with Crippen molar-refractivity contribution in [2.24, 2.45) is 22.2 Å². The largest absolute Gasteiger partial charge is 0.478 e. The summed E-state index contributed by atoms with van der Waals surface area (Å²) in [6, 6.07) is 0. The van der Waals surface area contributed by atoms with Gasteiger partial charge in [-0.2, -0.15) is 0 Å². The summed E-state index contributed by atoms with van der Waals surface area (Å²) in [5.41, 5.74) is 0.992. The summed E-state index contributed by atoms with van der Waals surface area (Å²) in [6.07, 6.45) is 8.02. The van der Waals surface area contributed by atoms with Crippen molar-refractivity contribution in [1.82, 2.24) is 0 Å². The van der Waals surface area contributed by atoms with Gasteiger partial charge >= 0.3 is 5.97 Å². The molecule has 94 valence electrons. The smallest absolute Gasteiger partial charge is 0.331 e. The quantitative estimate of drug-likeness (QED) is 0.752. The van der Waals surface area contributed by atoms with E-state index < -0.39 is 5.97 Å². The molecule has 0 amide bonds. The number of allylic oxidation sites excluding steroid dienone is 1. The van der Waals surface area contributed by atoms with Gasteiger partial charge in [-0.1, -0.05) is 33.3 Å². The molecule has 2 fully saturated rings. The van der Waals surface area contributed by atoms with Crippen LogP contribution in [0.15, 0.2) is 11.6 Å². The zero-order chi connectivity index (χ0) is 12.5. The van der Waals surface area contributed by atoms with Gasteiger partial charge in [0.05, 0.1) is 0 Å². The zero-order valence-corrected chi connectivity index (χ0v) is 11.0. The molecule has 2 heteroatoms. The van der Waals surface area contributed by atoms with Crippen LogP contribution < -0.4 is 0 Å². The molecule has 3 rings (SSSR count). The first-order valence-electron chi connectivity index (χ1n) is 6.84. The fourth-order valence-corrected chi connectivity index (χ4v) is 5.83. The first kappa shape index (κ1) is 11.3. The van der Waals surface area contributed by atoms with Crippen molar-refractivity contribution in [2.45, 2.75) is 52.9 Å². The van der Waals surface area contributed by atoms with Gasteiger partial charge in [-0.05, 0) is 42.4 Å². The first-order valence-corrected chi connectivity index (χ1v) is 6.84. The van der Waals surface area contributed by atoms with Crippen LogP contribution in [0.3, 0.4) is 0 Å². The number of carboxylic acids is 1. The molecular weight excluding hydrogens is 212 g/mol. The van der Waals surface area contributed by atoms with E-state index in [1.54, 1.807) is 0 Å². The highest BCUT2D eigenvalue weighted by Gasteiger charge is 2.70. The second kappa shape index (κ2) is 2.96. The molecule has 1 spiro atoms. The normalized spacial score (nSPS) is 52.2. The van der Waals surface area contributed by atoms with Crippen LogP contribution in [0.4, 0.5) is 0 Å². The van der Waals surface area contributed by atoms with Gasteiger partial charge in [0.1, 0.15) is 0 Å². The van der Waals surface area contributed by atoms with Gasteiger partial charge in [0, 0.05) is 11.0 Å². The van der Waals surface area contributed by atoms with E-state index in [0.29, 0.717) is 11.5 Å². The molecular formula is C15H22O2. The van der Waals surface area contributed by atoms with Crippen LogP contribution in [0, 0.1) is 22.2 Å². The summed E-state index contributed by atoms with van der Waals surface area (Å²) in [5.74, 6) is -0.0234. The van der Waals surface area contributed by atoms with E-state index in [9.17, 15) is 9.90 Å². The molecule has 0 aliphatic heterocycles. The van der Waals surface area contributed by atoms with E-state index >= 15 is 0 Å². The molecule has 2 nitrogen and oxygen atoms in total. The fraction of sp³-hybridized carbons (Fsp3) is 0.800. The molecule has 0 heterocycles. The minimum Gasteiger partial charge on any atom is -0.478 e. The molecule has 0 bridgehead atoms. The Balaban J connectivity index is 2.22. The standard InChI is InChI=1S/C15H22O2/c1-10-5-8-14(3)11(12(16)17)9-13(2)6-4-7-15(10,13)14/h9-10H,4-8H2,1-3H3,(H,16,17)/t10-,13+,14+,15-/m0/s1. The SMILES string of the molecule is C[C@H]1CC[C@]2(C)C(C(=O)O)=C[C@@]3(C)CCC[C@]132. The number of rotatable bonds is 1. The van der Waals surface area contributed by atoms with Crippen LogP contribution in [0.25, 0.3) is 0 Å². The lowest BCUT2D eigenvalue weighted by atomic mass is 9.55. The van der Waals surface area contributed by atoms with Gasteiger partial charge in [0.25, 0.3) is 0 Å². The maximum Gasteiger partial charge on any atom is 0.331 e. The molecule has 1 N–H and O–H groups in total. The van der Waals surface area contributed by atoms with Crippen molar-refractivity contribution in [2.75, 3.05) is 0 Å². The average molecular weight is 234 g/mol. The number of carboxylic acid groups (broad SMARTS) is 1. The second-order valence-electron chi connectivity index (χ2n) is 6.88. The number of hydrogen-bond acceptors (Lipinski definition) is 1. The zero-order valence-electron chi connectivity index (χ0n) is 11.0. The van der Waals surface area contributed by atoms with Gasteiger partial charge in [0.15, 0.2) is 0 Å². The molecule has 4 atom stereocenters. The van der Waals surface area contributed by atoms with E-state index in [-0.39, 0.29) is 16.2 Å². The summed E-state index contributed by atoms with van der Waals surface area (Å²) in [5, 5.41) is 9.51. The Kier molecular flexibility index (Phi) is 1.97. The Morgan fingerprint density at radius 2 is 2.06 bits per heavy atom. The Morgan fingerprint density at radius 1 is 1.35 bits per heavy atom. The molecule has 3 aliphatic carbocycles. The fourth-order valence-electron chi connectivity index (χ4n) is 5.83. The lowest BCUT2D eigenvalue weighted by Gasteiger charge is -2.47. The first-order chi connectivity index (χ1) is 7.87. The highest BCUT2D eigenvalue weighted by molar-refractivity contribution is 5.90. The Morgan fingerprint density at radius 3 is 2.71 bits per heavy atom. The number of carbonyl (C=O) groups is 1. The van der Waals surface area contributed by atoms with Gasteiger partial charge < -0.3 is 5.11 Å². The summed E-state index contributed by atoms with van der Waals surface area (Å²) in [7, 11) is 0. The average Bonchev–Trinajstić information content (AvgIpc) is 2.77. The van der Waals surface area contributed by atoms with Crippen LogP contribution in [-0.2, 0) is 4.79 Å². The maximum atomic E-state index is 11.6. The lowest BCUT2D eigenvalue weighted by Crippen LogP contribution is -2.43. The van der Waals surface area contributed by atoms with Gasteiger partial charge in [-0.3, -0.25) is 0 Å². The Labute approximate surface area is 103 Å². The van der Waals surface area contributed by atoms with E-state index in [4.69, 9.17) is 0 Å². The van der Waals surface area contributed by atoms with E-state index in [0.717, 1.165) is 6.42 Å². The van der Waals surface area contributed by atoms with Gasteiger partial charge in [0.2, 0.25) is 0 Å². The second-order valence-corrected chi connectivity index (χ2v) is 6.88. The van der Waals surface area contributed by atoms with E-state index in [1.807, 2.05) is 0 Å². The van der Waals surface area contributed by atoms with Crippen molar-refractivity contribution in [1.29, 1.82) is 0 Å². The summed E-state index contributed by atoms with van der Waals surface area (Å²) in [4.78, 5) is 11.6. The van der Waals surface area contributed by atoms with Crippen LogP contribution in [-0.4, -0.2) is 11.1 Å². The molecule has 17 heavy (non-hydrogen) atoms. The maximum absolute atomic E-state index is 11.6. The molecule has 0 radical (unpaired) electrons. The van der Waals surface area contributed by atoms with Gasteiger partial charge in [-0.25, -0.2) is 4.79 Å². The van der Waals surface area contributed by atoms with E-state index in [2.05, 4.69) is 26.8 Å². The minimum atomic E-state index is -0.684. The van der Waals surface area contributed by atoms with E-state index in [1.165, 1.54) is 25.7 Å². The molecule has 0 saturated heterocycles. The third kappa shape index (κ3) is 0.974. The third-order valence-electron chi connectivity index (χ3n) is 6.48. The number of hydrogen-bond donors (Lipinski definition) is 1. The van der Waals surface area contributed by atoms with Gasteiger partial charge in [-0.15, -0.1) is 0 Å². The van der Waals surface area contributed by atoms with Crippen molar-refractivity contribution in [3.05, 3.63) is 11.6 Å². The molecule has 3 aliphatic rings. The molecule has 2 saturated carbocycles. The molecule has 0 aromatic heterocycles. The highest BCUT2D eigenvalue weighted by atomic mass is 16.4. The third-order valence-corrected chi connectivity index (χ3v) is 6.48. The predicted octanol–water partition coefficient (Wildman–Crippen LogP) is 3.62. The Bertz CT molecular complexity index is 425. The topological polar surface area (TPSA) is 37.3 Å². The monoisotopic (exact) mass is 234 g/mol. The Hall–Kier alpha value is -0.790. The predicted molar refractivity (Wildman–Crippen MR) is 66.6 cm³/mol. The molecule has 0 aromatic carbocycles. The minimum absolute atomic E-state index is 0.0799. The summed E-state index contributed by atoms with van der Waals surface area (Å²) in [6.45, 7) is 6.86. The van der Waals surface area contributed by atoms with Crippen molar-refractivity contribution in [3.8, 4) is 0 Å². The molecule has 0 aromatic rings. The highest BCUT2D eigenvalue weighted by Crippen LogP contribution is 2.77. The van der Waals surface area contributed by atoms with Crippen molar-refractivity contribution >= 4 is 5.97 Å². The van der Waals surface area contributed by atoms with Crippen molar-refractivity contribution in [3.63, 3.8) is 0 Å².